The fourth-order valence-corrected chi connectivity index (χ4v) is 3.00. The maximum atomic E-state index is 9.72. The number of rotatable bonds is 5. The fourth-order valence-electron chi connectivity index (χ4n) is 3.00. The molecule has 0 saturated carbocycles. The third-order valence-corrected chi connectivity index (χ3v) is 4.11. The van der Waals surface area contributed by atoms with Crippen molar-refractivity contribution in [1.82, 2.24) is 0 Å². The van der Waals surface area contributed by atoms with E-state index < -0.39 is 0 Å². The van der Waals surface area contributed by atoms with Crippen LogP contribution in [0.1, 0.15) is 49.7 Å². The molecular formula is C18H22O3. The van der Waals surface area contributed by atoms with Gasteiger partial charge in [0.05, 0.1) is 0 Å². The second kappa shape index (κ2) is 6.53. The molecule has 2 atom stereocenters. The van der Waals surface area contributed by atoms with Crippen molar-refractivity contribution in [2.24, 2.45) is 0 Å². The molecule has 21 heavy (non-hydrogen) atoms. The van der Waals surface area contributed by atoms with E-state index in [0.717, 1.165) is 18.4 Å². The first-order valence-electron chi connectivity index (χ1n) is 7.37. The number of hydrogen-bond acceptors (Lipinski definition) is 3. The molecule has 3 heteroatoms. The highest BCUT2D eigenvalue weighted by Gasteiger charge is 2.22. The first kappa shape index (κ1) is 15.2. The van der Waals surface area contributed by atoms with Gasteiger partial charge >= 0.3 is 0 Å². The molecule has 0 unspecified atom stereocenters. The lowest BCUT2D eigenvalue weighted by Crippen LogP contribution is -2.10. The lowest BCUT2D eigenvalue weighted by molar-refractivity contribution is 0.401. The molecule has 2 aromatic carbocycles. The van der Waals surface area contributed by atoms with Crippen LogP contribution in [0.4, 0.5) is 0 Å². The first-order valence-corrected chi connectivity index (χ1v) is 7.37. The Bertz CT molecular complexity index is 590. The zero-order chi connectivity index (χ0) is 15.4. The number of phenols is 3. The molecule has 0 fully saturated rings. The zero-order valence-corrected chi connectivity index (χ0v) is 12.5. The second-order valence-corrected chi connectivity index (χ2v) is 5.37. The average Bonchev–Trinajstić information content (AvgIpc) is 2.49. The molecule has 0 bridgehead atoms. The van der Waals surface area contributed by atoms with Crippen LogP contribution >= 0.6 is 0 Å². The smallest absolute Gasteiger partial charge is 0.157 e. The minimum Gasteiger partial charge on any atom is -0.508 e. The van der Waals surface area contributed by atoms with E-state index >= 15 is 0 Å². The largest absolute Gasteiger partial charge is 0.508 e. The summed E-state index contributed by atoms with van der Waals surface area (Å²) >= 11 is 0. The van der Waals surface area contributed by atoms with Gasteiger partial charge in [0.1, 0.15) is 5.75 Å². The predicted molar refractivity (Wildman–Crippen MR) is 83.9 cm³/mol. The van der Waals surface area contributed by atoms with Crippen LogP contribution < -0.4 is 0 Å². The van der Waals surface area contributed by atoms with Crippen molar-refractivity contribution in [3.63, 3.8) is 0 Å². The Kier molecular flexibility index (Phi) is 4.73. The van der Waals surface area contributed by atoms with Gasteiger partial charge in [0.2, 0.25) is 0 Å². The molecule has 3 N–H and O–H groups in total. The summed E-state index contributed by atoms with van der Waals surface area (Å²) < 4.78 is 0. The van der Waals surface area contributed by atoms with Gasteiger partial charge in [0, 0.05) is 0 Å². The minimum atomic E-state index is -0.0914. The molecule has 0 heterocycles. The standard InChI is InChI=1S/C18H22O3/c1-3-15(12-5-8-14(19)9-6-12)16(4-2)13-7-10-17(20)18(21)11-13/h5-11,15-16,19-21H,3-4H2,1-2H3/t15-,16-/m1/s1. The van der Waals surface area contributed by atoms with E-state index in [-0.39, 0.29) is 23.2 Å². The van der Waals surface area contributed by atoms with Crippen LogP contribution in [-0.4, -0.2) is 15.3 Å². The lowest BCUT2D eigenvalue weighted by atomic mass is 9.78. The van der Waals surface area contributed by atoms with Gasteiger partial charge in [-0.15, -0.1) is 0 Å². The maximum Gasteiger partial charge on any atom is 0.157 e. The summed E-state index contributed by atoms with van der Waals surface area (Å²) in [5.41, 5.74) is 2.20. The lowest BCUT2D eigenvalue weighted by Gasteiger charge is -2.26. The summed E-state index contributed by atoms with van der Waals surface area (Å²) in [6.07, 6.45) is 1.90. The van der Waals surface area contributed by atoms with E-state index in [0.29, 0.717) is 5.92 Å². The first-order chi connectivity index (χ1) is 10.1. The summed E-state index contributed by atoms with van der Waals surface area (Å²) in [6, 6.07) is 12.4. The van der Waals surface area contributed by atoms with Crippen LogP contribution in [0.25, 0.3) is 0 Å². The van der Waals surface area contributed by atoms with Crippen LogP contribution in [-0.2, 0) is 0 Å². The van der Waals surface area contributed by atoms with Crippen LogP contribution in [0.3, 0.4) is 0 Å². The monoisotopic (exact) mass is 286 g/mol. The van der Waals surface area contributed by atoms with Crippen LogP contribution in [0, 0.1) is 0 Å². The van der Waals surface area contributed by atoms with Crippen LogP contribution in [0.15, 0.2) is 42.5 Å². The number of benzene rings is 2. The molecule has 3 nitrogen and oxygen atoms in total. The molecule has 112 valence electrons. The topological polar surface area (TPSA) is 60.7 Å². The molecule has 0 aliphatic rings. The summed E-state index contributed by atoms with van der Waals surface area (Å²) in [5, 5.41) is 28.6. The highest BCUT2D eigenvalue weighted by Crippen LogP contribution is 2.40. The van der Waals surface area contributed by atoms with Crippen molar-refractivity contribution in [2.45, 2.75) is 38.5 Å². The summed E-state index contributed by atoms with van der Waals surface area (Å²) in [6.45, 7) is 4.26. The zero-order valence-electron chi connectivity index (χ0n) is 12.5. The average molecular weight is 286 g/mol. The molecule has 0 aliphatic heterocycles. The number of hydrogen-bond donors (Lipinski definition) is 3. The summed E-state index contributed by atoms with van der Waals surface area (Å²) in [4.78, 5) is 0. The third kappa shape index (κ3) is 3.30. The van der Waals surface area contributed by atoms with Gasteiger partial charge in [-0.3, -0.25) is 0 Å². The van der Waals surface area contributed by atoms with Crippen LogP contribution in [0.2, 0.25) is 0 Å². The predicted octanol–water partition coefficient (Wildman–Crippen LogP) is 4.49. The Morgan fingerprint density at radius 3 is 1.76 bits per heavy atom. The van der Waals surface area contributed by atoms with Crippen molar-refractivity contribution in [3.05, 3.63) is 53.6 Å². The molecule has 0 spiro atoms. The minimum absolute atomic E-state index is 0.0773. The van der Waals surface area contributed by atoms with Crippen molar-refractivity contribution < 1.29 is 15.3 Å². The Hall–Kier alpha value is -2.16. The van der Waals surface area contributed by atoms with E-state index in [1.165, 1.54) is 11.6 Å². The molecule has 0 amide bonds. The van der Waals surface area contributed by atoms with Crippen molar-refractivity contribution in [1.29, 1.82) is 0 Å². The quantitative estimate of drug-likeness (QED) is 0.710. The Balaban J connectivity index is 2.36. The molecular weight excluding hydrogens is 264 g/mol. The van der Waals surface area contributed by atoms with Gasteiger partial charge in [0.25, 0.3) is 0 Å². The van der Waals surface area contributed by atoms with Crippen molar-refractivity contribution in [2.75, 3.05) is 0 Å². The Morgan fingerprint density at radius 2 is 1.24 bits per heavy atom. The Labute approximate surface area is 125 Å². The fraction of sp³-hybridized carbons (Fsp3) is 0.333. The summed E-state index contributed by atoms with van der Waals surface area (Å²) in [5.74, 6) is 0.660. The maximum absolute atomic E-state index is 9.72. The van der Waals surface area contributed by atoms with Gasteiger partial charge in [-0.1, -0.05) is 32.0 Å². The van der Waals surface area contributed by atoms with Gasteiger partial charge < -0.3 is 15.3 Å². The van der Waals surface area contributed by atoms with E-state index in [9.17, 15) is 15.3 Å². The SMILES string of the molecule is CC[C@H](c1ccc(O)cc1)[C@H](CC)c1ccc(O)c(O)c1. The normalized spacial score (nSPS) is 13.8. The van der Waals surface area contributed by atoms with E-state index in [1.807, 2.05) is 18.2 Å². The van der Waals surface area contributed by atoms with E-state index in [4.69, 9.17) is 0 Å². The second-order valence-electron chi connectivity index (χ2n) is 5.37. The molecule has 0 aliphatic carbocycles. The van der Waals surface area contributed by atoms with E-state index in [1.54, 1.807) is 18.2 Å². The number of phenolic OH excluding ortho intramolecular Hbond substituents is 3. The molecule has 0 radical (unpaired) electrons. The molecule has 0 saturated heterocycles. The number of aromatic hydroxyl groups is 3. The molecule has 2 aromatic rings. The highest BCUT2D eigenvalue weighted by molar-refractivity contribution is 5.43. The molecule has 2 rings (SSSR count). The van der Waals surface area contributed by atoms with E-state index in [2.05, 4.69) is 13.8 Å². The van der Waals surface area contributed by atoms with Gasteiger partial charge in [-0.05, 0) is 60.1 Å². The highest BCUT2D eigenvalue weighted by atomic mass is 16.3. The summed E-state index contributed by atoms with van der Waals surface area (Å²) in [7, 11) is 0. The van der Waals surface area contributed by atoms with Crippen molar-refractivity contribution >= 4 is 0 Å². The van der Waals surface area contributed by atoms with Gasteiger partial charge in [-0.25, -0.2) is 0 Å². The third-order valence-electron chi connectivity index (χ3n) is 4.11. The van der Waals surface area contributed by atoms with Gasteiger partial charge in [0.15, 0.2) is 11.5 Å². The van der Waals surface area contributed by atoms with Crippen LogP contribution in [0.5, 0.6) is 17.2 Å². The molecule has 0 aromatic heterocycles. The van der Waals surface area contributed by atoms with Crippen molar-refractivity contribution in [3.8, 4) is 17.2 Å². The van der Waals surface area contributed by atoms with Gasteiger partial charge in [-0.2, -0.15) is 0 Å². The Morgan fingerprint density at radius 1 is 0.714 bits per heavy atom.